The van der Waals surface area contributed by atoms with Crippen molar-refractivity contribution in [1.82, 2.24) is 0 Å². The number of aliphatic imine (C=N–C) groups is 1. The molecule has 0 fully saturated rings. The van der Waals surface area contributed by atoms with E-state index in [4.69, 9.17) is 9.47 Å². The molecule has 1 aromatic heterocycles. The Morgan fingerprint density at radius 3 is 2.76 bits per heavy atom. The zero-order valence-electron chi connectivity index (χ0n) is 18.0. The maximum atomic E-state index is 9.73. The molecule has 1 atom stereocenters. The van der Waals surface area contributed by atoms with Crippen molar-refractivity contribution in [3.8, 4) is 17.6 Å². The van der Waals surface area contributed by atoms with Crippen molar-refractivity contribution in [2.45, 2.75) is 53.4 Å². The molecule has 0 spiro atoms. The van der Waals surface area contributed by atoms with Crippen LogP contribution in [0.1, 0.15) is 62.1 Å². The second kappa shape index (κ2) is 9.00. The summed E-state index contributed by atoms with van der Waals surface area (Å²) in [7, 11) is 1.64. The standard InChI is InChI=1S/C24H30N2O2S/c1-6-11-28-20-10-7-16(12-21(20)27-5)15-26-23-19(14-25)18-9-8-17(24(2,3)4)13-22(18)29-23/h7,10,12,15,17H,6,8-9,11,13H2,1-5H3/t17-/m1/s1. The number of thiophene rings is 1. The quantitative estimate of drug-likeness (QED) is 0.524. The Labute approximate surface area is 178 Å². The predicted molar refractivity (Wildman–Crippen MR) is 120 cm³/mol. The Morgan fingerprint density at radius 1 is 1.31 bits per heavy atom. The predicted octanol–water partition coefficient (Wildman–Crippen LogP) is 6.32. The van der Waals surface area contributed by atoms with Crippen molar-refractivity contribution in [2.75, 3.05) is 13.7 Å². The molecular weight excluding hydrogens is 380 g/mol. The average molecular weight is 411 g/mol. The fraction of sp³-hybridized carbons (Fsp3) is 0.500. The summed E-state index contributed by atoms with van der Waals surface area (Å²) in [5.41, 5.74) is 3.18. The third kappa shape index (κ3) is 4.82. The zero-order valence-corrected chi connectivity index (χ0v) is 18.9. The molecular formula is C24H30N2O2S. The number of hydrogen-bond donors (Lipinski definition) is 0. The van der Waals surface area contributed by atoms with Gasteiger partial charge in [-0.3, -0.25) is 0 Å². The van der Waals surface area contributed by atoms with Gasteiger partial charge in [0.05, 0.1) is 19.3 Å². The van der Waals surface area contributed by atoms with Crippen LogP contribution in [-0.2, 0) is 12.8 Å². The molecule has 0 saturated carbocycles. The van der Waals surface area contributed by atoms with Crippen molar-refractivity contribution in [1.29, 1.82) is 5.26 Å². The van der Waals surface area contributed by atoms with Gasteiger partial charge in [-0.25, -0.2) is 4.99 Å². The summed E-state index contributed by atoms with van der Waals surface area (Å²) in [5, 5.41) is 10.6. The summed E-state index contributed by atoms with van der Waals surface area (Å²) in [6.45, 7) is 9.65. The summed E-state index contributed by atoms with van der Waals surface area (Å²) < 4.78 is 11.2. The van der Waals surface area contributed by atoms with Crippen LogP contribution in [0.25, 0.3) is 0 Å². The zero-order chi connectivity index (χ0) is 21.0. The van der Waals surface area contributed by atoms with E-state index >= 15 is 0 Å². The maximum Gasteiger partial charge on any atom is 0.161 e. The molecule has 0 saturated heterocycles. The van der Waals surface area contributed by atoms with E-state index < -0.39 is 0 Å². The molecule has 0 aliphatic heterocycles. The van der Waals surface area contributed by atoms with Crippen LogP contribution in [0.3, 0.4) is 0 Å². The largest absolute Gasteiger partial charge is 0.493 e. The monoisotopic (exact) mass is 410 g/mol. The van der Waals surface area contributed by atoms with Crippen molar-refractivity contribution in [2.24, 2.45) is 16.3 Å². The van der Waals surface area contributed by atoms with E-state index in [-0.39, 0.29) is 5.41 Å². The van der Waals surface area contributed by atoms with Crippen LogP contribution in [0.2, 0.25) is 0 Å². The molecule has 154 valence electrons. The van der Waals surface area contributed by atoms with Gasteiger partial charge in [0.15, 0.2) is 11.5 Å². The second-order valence-electron chi connectivity index (χ2n) is 8.62. The van der Waals surface area contributed by atoms with E-state index in [1.807, 2.05) is 24.4 Å². The SMILES string of the molecule is CCCOc1ccc(C=Nc2sc3c(c2C#N)CC[C@@H](C(C)(C)C)C3)cc1OC. The Kier molecular flexibility index (Phi) is 6.64. The van der Waals surface area contributed by atoms with E-state index in [0.29, 0.717) is 18.3 Å². The first-order valence-corrected chi connectivity index (χ1v) is 11.1. The van der Waals surface area contributed by atoms with Crippen molar-refractivity contribution < 1.29 is 9.47 Å². The normalized spacial score (nSPS) is 16.5. The number of rotatable bonds is 6. The van der Waals surface area contributed by atoms with Gasteiger partial charge in [0.2, 0.25) is 0 Å². The fourth-order valence-electron chi connectivity index (χ4n) is 3.75. The van der Waals surface area contributed by atoms with E-state index in [1.165, 1.54) is 10.4 Å². The molecule has 0 amide bonds. The van der Waals surface area contributed by atoms with E-state index in [9.17, 15) is 5.26 Å². The first-order valence-electron chi connectivity index (χ1n) is 10.3. The minimum absolute atomic E-state index is 0.288. The summed E-state index contributed by atoms with van der Waals surface area (Å²) in [6.07, 6.45) is 5.92. The lowest BCUT2D eigenvalue weighted by atomic mass is 9.72. The van der Waals surface area contributed by atoms with Crippen molar-refractivity contribution in [3.05, 3.63) is 39.8 Å². The molecule has 29 heavy (non-hydrogen) atoms. The molecule has 0 N–H and O–H groups in total. The number of fused-ring (bicyclic) bond motifs is 1. The molecule has 1 aliphatic carbocycles. The molecule has 0 unspecified atom stereocenters. The van der Waals surface area contributed by atoms with Gasteiger partial charge < -0.3 is 9.47 Å². The fourth-order valence-corrected chi connectivity index (χ4v) is 4.97. The number of nitrogens with zero attached hydrogens (tertiary/aromatic N) is 2. The van der Waals surface area contributed by atoms with Crippen molar-refractivity contribution in [3.63, 3.8) is 0 Å². The minimum Gasteiger partial charge on any atom is -0.493 e. The molecule has 1 aromatic carbocycles. The summed E-state index contributed by atoms with van der Waals surface area (Å²) in [4.78, 5) is 6.02. The van der Waals surface area contributed by atoms with Gasteiger partial charge in [0.1, 0.15) is 11.1 Å². The summed E-state index contributed by atoms with van der Waals surface area (Å²) in [5.74, 6) is 2.09. The van der Waals surface area contributed by atoms with Crippen LogP contribution in [-0.4, -0.2) is 19.9 Å². The van der Waals surface area contributed by atoms with Gasteiger partial charge in [-0.15, -0.1) is 11.3 Å². The maximum absolute atomic E-state index is 9.73. The molecule has 5 heteroatoms. The second-order valence-corrected chi connectivity index (χ2v) is 9.70. The highest BCUT2D eigenvalue weighted by atomic mass is 32.1. The molecule has 0 radical (unpaired) electrons. The third-order valence-electron chi connectivity index (χ3n) is 5.56. The number of benzene rings is 1. The number of hydrogen-bond acceptors (Lipinski definition) is 5. The smallest absolute Gasteiger partial charge is 0.161 e. The van der Waals surface area contributed by atoms with Gasteiger partial charge >= 0.3 is 0 Å². The van der Waals surface area contributed by atoms with E-state index in [0.717, 1.165) is 47.6 Å². The van der Waals surface area contributed by atoms with Crippen LogP contribution in [0.5, 0.6) is 11.5 Å². The molecule has 0 bridgehead atoms. The number of ether oxygens (including phenoxy) is 2. The molecule has 1 aliphatic rings. The van der Waals surface area contributed by atoms with Crippen LogP contribution in [0, 0.1) is 22.7 Å². The number of nitriles is 1. The lowest BCUT2D eigenvalue weighted by Crippen LogP contribution is -2.26. The van der Waals surface area contributed by atoms with E-state index in [2.05, 4.69) is 38.8 Å². The highest BCUT2D eigenvalue weighted by molar-refractivity contribution is 7.16. The van der Waals surface area contributed by atoms with Crippen LogP contribution >= 0.6 is 11.3 Å². The average Bonchev–Trinajstić information content (AvgIpc) is 3.06. The number of methoxy groups -OCH3 is 1. The van der Waals surface area contributed by atoms with Crippen LogP contribution in [0.4, 0.5) is 5.00 Å². The summed E-state index contributed by atoms with van der Waals surface area (Å²) >= 11 is 1.67. The van der Waals surface area contributed by atoms with Gasteiger partial charge in [-0.2, -0.15) is 5.26 Å². The lowest BCUT2D eigenvalue weighted by molar-refractivity contribution is 0.218. The topological polar surface area (TPSA) is 54.6 Å². The Bertz CT molecular complexity index is 932. The lowest BCUT2D eigenvalue weighted by Gasteiger charge is -2.33. The summed E-state index contributed by atoms with van der Waals surface area (Å²) in [6, 6.07) is 8.20. The van der Waals surface area contributed by atoms with Crippen LogP contribution < -0.4 is 9.47 Å². The van der Waals surface area contributed by atoms with Gasteiger partial charge in [0, 0.05) is 11.1 Å². The third-order valence-corrected chi connectivity index (χ3v) is 6.73. The first kappa shape index (κ1) is 21.4. The minimum atomic E-state index is 0.288. The molecule has 3 rings (SSSR count). The highest BCUT2D eigenvalue weighted by Crippen LogP contribution is 2.44. The molecule has 1 heterocycles. The van der Waals surface area contributed by atoms with Crippen LogP contribution in [0.15, 0.2) is 23.2 Å². The Hall–Kier alpha value is -2.32. The Morgan fingerprint density at radius 2 is 2.10 bits per heavy atom. The molecule has 4 nitrogen and oxygen atoms in total. The first-order chi connectivity index (χ1) is 13.9. The van der Waals surface area contributed by atoms with E-state index in [1.54, 1.807) is 18.4 Å². The van der Waals surface area contributed by atoms with Gasteiger partial charge in [-0.05, 0) is 66.3 Å². The molecule has 2 aromatic rings. The van der Waals surface area contributed by atoms with Gasteiger partial charge in [-0.1, -0.05) is 27.7 Å². The van der Waals surface area contributed by atoms with Gasteiger partial charge in [0.25, 0.3) is 0 Å². The Balaban J connectivity index is 1.85. The van der Waals surface area contributed by atoms with Crippen molar-refractivity contribution >= 4 is 22.6 Å². The highest BCUT2D eigenvalue weighted by Gasteiger charge is 2.32.